The summed E-state index contributed by atoms with van der Waals surface area (Å²) in [6, 6.07) is 7.54. The molecule has 1 aromatic heterocycles. The molecule has 2 aromatic rings. The molecule has 0 N–H and O–H groups in total. The lowest BCUT2D eigenvalue weighted by atomic mass is 10.2. The van der Waals surface area contributed by atoms with Gasteiger partial charge in [-0.2, -0.15) is 0 Å². The smallest absolute Gasteiger partial charge is 0.349 e. The zero-order valence-corrected chi connectivity index (χ0v) is 10.3. The van der Waals surface area contributed by atoms with E-state index in [1.165, 1.54) is 24.6 Å². The summed E-state index contributed by atoms with van der Waals surface area (Å²) in [5, 5.41) is 0.768. The van der Waals surface area contributed by atoms with Crippen LogP contribution in [-0.2, 0) is 4.74 Å². The molecular weight excluding hydrogens is 238 g/mol. The molecule has 0 atom stereocenters. The van der Waals surface area contributed by atoms with Crippen molar-refractivity contribution in [3.8, 4) is 16.3 Å². The van der Waals surface area contributed by atoms with Crippen LogP contribution in [0.5, 0.6) is 5.75 Å². The van der Waals surface area contributed by atoms with Crippen LogP contribution in [-0.4, -0.2) is 25.2 Å². The van der Waals surface area contributed by atoms with E-state index in [-0.39, 0.29) is 5.97 Å². The summed E-state index contributed by atoms with van der Waals surface area (Å²) in [6.07, 6.45) is 1.52. The summed E-state index contributed by atoms with van der Waals surface area (Å²) in [5.74, 6) is 0.397. The highest BCUT2D eigenvalue weighted by molar-refractivity contribution is 7.16. The van der Waals surface area contributed by atoms with Gasteiger partial charge in [-0.15, -0.1) is 11.3 Å². The van der Waals surface area contributed by atoms with E-state index in [0.29, 0.717) is 4.88 Å². The lowest BCUT2D eigenvalue weighted by molar-refractivity contribution is 0.0606. The number of methoxy groups -OCH3 is 2. The van der Waals surface area contributed by atoms with Gasteiger partial charge in [0.2, 0.25) is 0 Å². The summed E-state index contributed by atoms with van der Waals surface area (Å²) in [5.41, 5.74) is 0.921. The minimum atomic E-state index is -0.364. The van der Waals surface area contributed by atoms with Crippen molar-refractivity contribution in [3.63, 3.8) is 0 Å². The number of hydrogen-bond acceptors (Lipinski definition) is 5. The third-order valence-electron chi connectivity index (χ3n) is 2.21. The first-order valence-corrected chi connectivity index (χ1v) is 5.75. The van der Waals surface area contributed by atoms with E-state index in [9.17, 15) is 4.79 Å². The third kappa shape index (κ3) is 2.45. The maximum absolute atomic E-state index is 11.3. The van der Waals surface area contributed by atoms with Gasteiger partial charge in [-0.1, -0.05) is 12.1 Å². The van der Waals surface area contributed by atoms with E-state index in [2.05, 4.69) is 9.72 Å². The first-order valence-electron chi connectivity index (χ1n) is 4.93. The van der Waals surface area contributed by atoms with Crippen LogP contribution in [0.25, 0.3) is 10.6 Å². The second-order valence-electron chi connectivity index (χ2n) is 3.25. The first-order chi connectivity index (χ1) is 8.24. The molecule has 88 valence electrons. The molecule has 4 nitrogen and oxygen atoms in total. The molecule has 0 radical (unpaired) electrons. The molecule has 0 bridgehead atoms. The highest BCUT2D eigenvalue weighted by atomic mass is 32.1. The molecule has 0 amide bonds. The second-order valence-corrected chi connectivity index (χ2v) is 4.28. The van der Waals surface area contributed by atoms with Crippen molar-refractivity contribution in [3.05, 3.63) is 35.3 Å². The number of carbonyl (C=O) groups is 1. The monoisotopic (exact) mass is 249 g/mol. The average Bonchev–Trinajstić information content (AvgIpc) is 2.87. The first kappa shape index (κ1) is 11.6. The molecular formula is C12H11NO3S. The van der Waals surface area contributed by atoms with Crippen molar-refractivity contribution in [2.24, 2.45) is 0 Å². The van der Waals surface area contributed by atoms with E-state index in [1.54, 1.807) is 7.11 Å². The Balaban J connectivity index is 2.33. The Morgan fingerprint density at radius 1 is 1.35 bits per heavy atom. The molecule has 0 saturated heterocycles. The van der Waals surface area contributed by atoms with Crippen LogP contribution in [0.3, 0.4) is 0 Å². The number of carbonyl (C=O) groups excluding carboxylic acids is 1. The van der Waals surface area contributed by atoms with Gasteiger partial charge in [0, 0.05) is 5.56 Å². The van der Waals surface area contributed by atoms with Crippen molar-refractivity contribution < 1.29 is 14.3 Å². The van der Waals surface area contributed by atoms with Gasteiger partial charge in [0.05, 0.1) is 20.4 Å². The number of ether oxygens (including phenoxy) is 2. The average molecular weight is 249 g/mol. The summed E-state index contributed by atoms with van der Waals surface area (Å²) in [4.78, 5) is 16.0. The minimum Gasteiger partial charge on any atom is -0.497 e. The second kappa shape index (κ2) is 4.97. The number of hydrogen-bond donors (Lipinski definition) is 0. The normalized spacial score (nSPS) is 10.0. The van der Waals surface area contributed by atoms with Gasteiger partial charge >= 0.3 is 5.97 Å². The van der Waals surface area contributed by atoms with Crippen LogP contribution in [0.15, 0.2) is 30.5 Å². The van der Waals surface area contributed by atoms with Crippen LogP contribution in [0.1, 0.15) is 9.67 Å². The fourth-order valence-corrected chi connectivity index (χ4v) is 2.19. The molecule has 0 aliphatic heterocycles. The van der Waals surface area contributed by atoms with E-state index < -0.39 is 0 Å². The van der Waals surface area contributed by atoms with Crippen LogP contribution in [0, 0.1) is 0 Å². The van der Waals surface area contributed by atoms with Gasteiger partial charge in [0.1, 0.15) is 15.6 Å². The third-order valence-corrected chi connectivity index (χ3v) is 3.24. The molecule has 5 heteroatoms. The molecule has 0 spiro atoms. The summed E-state index contributed by atoms with van der Waals surface area (Å²) >= 11 is 1.30. The van der Waals surface area contributed by atoms with Gasteiger partial charge in [0.25, 0.3) is 0 Å². The Bertz CT molecular complexity index is 536. The molecule has 1 heterocycles. The molecule has 1 aromatic carbocycles. The van der Waals surface area contributed by atoms with Gasteiger partial charge in [-0.25, -0.2) is 9.78 Å². The Labute approximate surface area is 103 Å². The Kier molecular flexibility index (Phi) is 3.39. The summed E-state index contributed by atoms with van der Waals surface area (Å²) in [6.45, 7) is 0. The summed E-state index contributed by atoms with van der Waals surface area (Å²) < 4.78 is 9.77. The van der Waals surface area contributed by atoms with Crippen molar-refractivity contribution in [1.82, 2.24) is 4.98 Å². The fraction of sp³-hybridized carbons (Fsp3) is 0.167. The number of esters is 1. The highest BCUT2D eigenvalue weighted by Gasteiger charge is 2.11. The van der Waals surface area contributed by atoms with Crippen LogP contribution < -0.4 is 4.74 Å². The molecule has 0 unspecified atom stereocenters. The number of rotatable bonds is 3. The summed E-state index contributed by atoms with van der Waals surface area (Å²) in [7, 11) is 2.97. The number of thiazole rings is 1. The number of aromatic nitrogens is 1. The zero-order chi connectivity index (χ0) is 12.3. The number of benzene rings is 1. The Hall–Kier alpha value is -1.88. The van der Waals surface area contributed by atoms with Crippen molar-refractivity contribution in [2.75, 3.05) is 14.2 Å². The zero-order valence-electron chi connectivity index (χ0n) is 9.47. The van der Waals surface area contributed by atoms with Crippen molar-refractivity contribution >= 4 is 17.3 Å². The maximum atomic E-state index is 11.3. The predicted molar refractivity (Wildman–Crippen MR) is 65.4 cm³/mol. The SMILES string of the molecule is COC(=O)c1cnc(-c2cccc(OC)c2)s1. The van der Waals surface area contributed by atoms with Gasteiger partial charge < -0.3 is 9.47 Å². The molecule has 2 rings (SSSR count). The lowest BCUT2D eigenvalue weighted by Crippen LogP contribution is -1.96. The fourth-order valence-electron chi connectivity index (χ4n) is 1.36. The molecule has 0 aliphatic carbocycles. The molecule has 0 fully saturated rings. The lowest BCUT2D eigenvalue weighted by Gasteiger charge is -2.00. The minimum absolute atomic E-state index is 0.364. The van der Waals surface area contributed by atoms with Gasteiger partial charge in [0.15, 0.2) is 0 Å². The largest absolute Gasteiger partial charge is 0.497 e. The topological polar surface area (TPSA) is 48.4 Å². The van der Waals surface area contributed by atoms with Gasteiger partial charge in [-0.05, 0) is 12.1 Å². The van der Waals surface area contributed by atoms with Gasteiger partial charge in [-0.3, -0.25) is 0 Å². The predicted octanol–water partition coefficient (Wildman–Crippen LogP) is 2.61. The molecule has 17 heavy (non-hydrogen) atoms. The van der Waals surface area contributed by atoms with E-state index in [0.717, 1.165) is 16.3 Å². The van der Waals surface area contributed by atoms with Crippen LogP contribution in [0.2, 0.25) is 0 Å². The molecule has 0 saturated carbocycles. The standard InChI is InChI=1S/C12H11NO3S/c1-15-9-5-3-4-8(6-9)11-13-7-10(17-11)12(14)16-2/h3-7H,1-2H3. The Morgan fingerprint density at radius 3 is 2.88 bits per heavy atom. The molecule has 0 aliphatic rings. The van der Waals surface area contributed by atoms with Crippen LogP contribution >= 0.6 is 11.3 Å². The highest BCUT2D eigenvalue weighted by Crippen LogP contribution is 2.28. The van der Waals surface area contributed by atoms with Crippen molar-refractivity contribution in [2.45, 2.75) is 0 Å². The van der Waals surface area contributed by atoms with E-state index in [4.69, 9.17) is 4.74 Å². The van der Waals surface area contributed by atoms with E-state index >= 15 is 0 Å². The van der Waals surface area contributed by atoms with Crippen molar-refractivity contribution in [1.29, 1.82) is 0 Å². The maximum Gasteiger partial charge on any atom is 0.349 e. The quantitative estimate of drug-likeness (QED) is 0.784. The van der Waals surface area contributed by atoms with E-state index in [1.807, 2.05) is 24.3 Å². The number of nitrogens with zero attached hydrogens (tertiary/aromatic N) is 1. The Morgan fingerprint density at radius 2 is 2.18 bits per heavy atom. The van der Waals surface area contributed by atoms with Crippen LogP contribution in [0.4, 0.5) is 0 Å².